The van der Waals surface area contributed by atoms with Crippen LogP contribution in [0.5, 0.6) is 5.75 Å². The number of rotatable bonds is 2. The van der Waals surface area contributed by atoms with E-state index >= 15 is 0 Å². The number of carboxylic acid groups (broad SMARTS) is 1. The molecule has 0 fully saturated rings. The molecule has 0 aliphatic carbocycles. The van der Waals surface area contributed by atoms with Gasteiger partial charge in [0.05, 0.1) is 5.56 Å². The van der Waals surface area contributed by atoms with E-state index in [4.69, 9.17) is 5.11 Å². The number of carbonyl (C=O) groups is 1. The van der Waals surface area contributed by atoms with Gasteiger partial charge in [0, 0.05) is 0 Å². The summed E-state index contributed by atoms with van der Waals surface area (Å²) < 4.78 is 0. The molecule has 0 aliphatic rings. The van der Waals surface area contributed by atoms with E-state index in [0.29, 0.717) is 11.1 Å². The Kier molecular flexibility index (Phi) is 5.35. The molecule has 0 bridgehead atoms. The van der Waals surface area contributed by atoms with Crippen LogP contribution in [-0.4, -0.2) is 11.1 Å². The molecular formula is C11H13NaO3. The van der Waals surface area contributed by atoms with Crippen LogP contribution in [0.3, 0.4) is 0 Å². The third kappa shape index (κ3) is 2.97. The van der Waals surface area contributed by atoms with Gasteiger partial charge in [0.15, 0.2) is 0 Å². The van der Waals surface area contributed by atoms with Crippen molar-refractivity contribution < 1.29 is 44.6 Å². The van der Waals surface area contributed by atoms with E-state index in [-0.39, 0.29) is 46.8 Å². The van der Waals surface area contributed by atoms with Crippen LogP contribution in [0.4, 0.5) is 0 Å². The third-order valence-electron chi connectivity index (χ3n) is 2.23. The van der Waals surface area contributed by atoms with E-state index < -0.39 is 5.97 Å². The Morgan fingerprint density at radius 1 is 1.40 bits per heavy atom. The zero-order valence-corrected chi connectivity index (χ0v) is 11.5. The van der Waals surface area contributed by atoms with Gasteiger partial charge in [-0.25, -0.2) is 4.79 Å². The first-order valence-corrected chi connectivity index (χ1v) is 4.49. The summed E-state index contributed by atoms with van der Waals surface area (Å²) in [6.45, 7) is 5.38. The molecule has 0 radical (unpaired) electrons. The minimum atomic E-state index is -1.14. The van der Waals surface area contributed by atoms with Crippen molar-refractivity contribution >= 4 is 5.97 Å². The number of hydrogen-bond acceptors (Lipinski definition) is 2. The van der Waals surface area contributed by atoms with Crippen LogP contribution in [0.15, 0.2) is 12.1 Å². The molecule has 1 rings (SSSR count). The number of aryl methyl sites for hydroxylation is 1. The quantitative estimate of drug-likeness (QED) is 0.638. The van der Waals surface area contributed by atoms with E-state index in [2.05, 4.69) is 0 Å². The van der Waals surface area contributed by atoms with E-state index in [0.717, 1.165) is 0 Å². The maximum atomic E-state index is 11.7. The fraction of sp³-hybridized carbons (Fsp3) is 0.364. The summed E-state index contributed by atoms with van der Waals surface area (Å²) in [6, 6.07) is 3.38. The molecule has 3 nitrogen and oxygen atoms in total. The van der Waals surface area contributed by atoms with Crippen LogP contribution in [0.2, 0.25) is 0 Å². The van der Waals surface area contributed by atoms with Gasteiger partial charge < -0.3 is 10.2 Å². The van der Waals surface area contributed by atoms with Gasteiger partial charge in [0.2, 0.25) is 0 Å². The van der Waals surface area contributed by atoms with Gasteiger partial charge in [-0.3, -0.25) is 0 Å². The molecule has 0 aliphatic heterocycles. The van der Waals surface area contributed by atoms with Gasteiger partial charge in [-0.2, -0.15) is 0 Å². The Hall–Kier alpha value is -0.510. The Bertz CT molecular complexity index is 372. The molecule has 1 aromatic rings. The standard InChI is InChI=1S/C11H14O3.Na/c1-6(2)8-5-4-7(3)9(10(8)12)11(13)14;/h4-6,12H,1-3H3,(H,13,14);/q;+1/p-1. The minimum absolute atomic E-state index is 0. The average molecular weight is 216 g/mol. The molecule has 0 atom stereocenters. The van der Waals surface area contributed by atoms with Crippen LogP contribution in [0, 0.1) is 6.92 Å². The van der Waals surface area contributed by atoms with Crippen LogP contribution in [-0.2, 0) is 0 Å². The van der Waals surface area contributed by atoms with Crippen LogP contribution >= 0.6 is 0 Å². The zero-order valence-electron chi connectivity index (χ0n) is 9.50. The SMILES string of the molecule is Cc1ccc(C(C)C)c([O-])c1C(=O)O.[Na+]. The summed E-state index contributed by atoms with van der Waals surface area (Å²) in [7, 11) is 0. The Morgan fingerprint density at radius 2 is 1.93 bits per heavy atom. The predicted octanol–water partition coefficient (Wildman–Crippen LogP) is -1.11. The molecule has 76 valence electrons. The smallest absolute Gasteiger partial charge is 0.872 e. The summed E-state index contributed by atoms with van der Waals surface area (Å²) in [5, 5.41) is 20.5. The van der Waals surface area contributed by atoms with Gasteiger partial charge >= 0.3 is 35.5 Å². The summed E-state index contributed by atoms with van der Waals surface area (Å²) in [5.41, 5.74) is 0.983. The van der Waals surface area contributed by atoms with Gasteiger partial charge in [-0.05, 0) is 18.4 Å². The van der Waals surface area contributed by atoms with Crippen molar-refractivity contribution in [2.45, 2.75) is 26.7 Å². The third-order valence-corrected chi connectivity index (χ3v) is 2.23. The Labute approximate surface area is 111 Å². The zero-order chi connectivity index (χ0) is 10.9. The van der Waals surface area contributed by atoms with E-state index in [9.17, 15) is 9.90 Å². The summed E-state index contributed by atoms with van der Waals surface area (Å²) in [4.78, 5) is 10.8. The molecule has 4 heteroatoms. The van der Waals surface area contributed by atoms with Crippen molar-refractivity contribution in [1.82, 2.24) is 0 Å². The molecule has 0 aromatic heterocycles. The van der Waals surface area contributed by atoms with Crippen molar-refractivity contribution in [3.63, 3.8) is 0 Å². The Morgan fingerprint density at radius 3 is 2.33 bits per heavy atom. The monoisotopic (exact) mass is 216 g/mol. The summed E-state index contributed by atoms with van der Waals surface area (Å²) in [6.07, 6.45) is 0. The predicted molar refractivity (Wildman–Crippen MR) is 51.7 cm³/mol. The van der Waals surface area contributed by atoms with Crippen LogP contribution in [0.25, 0.3) is 0 Å². The maximum absolute atomic E-state index is 11.7. The van der Waals surface area contributed by atoms with E-state index in [1.54, 1.807) is 19.1 Å². The summed E-state index contributed by atoms with van der Waals surface area (Å²) >= 11 is 0. The number of aromatic carboxylic acids is 1. The molecule has 15 heavy (non-hydrogen) atoms. The molecular weight excluding hydrogens is 203 g/mol. The minimum Gasteiger partial charge on any atom is -0.872 e. The van der Waals surface area contributed by atoms with Crippen molar-refractivity contribution in [2.75, 3.05) is 0 Å². The van der Waals surface area contributed by atoms with Gasteiger partial charge in [-0.15, -0.1) is 0 Å². The van der Waals surface area contributed by atoms with Gasteiger partial charge in [0.1, 0.15) is 0 Å². The second-order valence-electron chi connectivity index (χ2n) is 3.64. The molecule has 0 unspecified atom stereocenters. The van der Waals surface area contributed by atoms with Crippen molar-refractivity contribution in [1.29, 1.82) is 0 Å². The first-order chi connectivity index (χ1) is 6.45. The number of hydrogen-bond donors (Lipinski definition) is 1. The van der Waals surface area contributed by atoms with Crippen LogP contribution < -0.4 is 34.7 Å². The first kappa shape index (κ1) is 14.5. The second kappa shape index (κ2) is 5.54. The molecule has 0 amide bonds. The van der Waals surface area contributed by atoms with Gasteiger partial charge in [0.25, 0.3) is 0 Å². The maximum Gasteiger partial charge on any atom is 1.00 e. The topological polar surface area (TPSA) is 60.4 Å². The largest absolute Gasteiger partial charge is 1.00 e. The summed E-state index contributed by atoms with van der Waals surface area (Å²) in [5.74, 6) is -1.44. The van der Waals surface area contributed by atoms with Crippen molar-refractivity contribution in [3.8, 4) is 5.75 Å². The van der Waals surface area contributed by atoms with Crippen LogP contribution in [0.1, 0.15) is 41.3 Å². The molecule has 0 spiro atoms. The molecule has 0 saturated heterocycles. The Balaban J connectivity index is 0.00000196. The molecule has 0 saturated carbocycles. The van der Waals surface area contributed by atoms with E-state index in [1.165, 1.54) is 0 Å². The normalized spacial score (nSPS) is 9.87. The number of benzene rings is 1. The second-order valence-corrected chi connectivity index (χ2v) is 3.64. The number of carboxylic acids is 1. The molecule has 1 N–H and O–H groups in total. The van der Waals surface area contributed by atoms with Crippen molar-refractivity contribution in [2.24, 2.45) is 0 Å². The molecule has 0 heterocycles. The first-order valence-electron chi connectivity index (χ1n) is 4.49. The fourth-order valence-electron chi connectivity index (χ4n) is 1.42. The molecule has 1 aromatic carbocycles. The fourth-order valence-corrected chi connectivity index (χ4v) is 1.42. The average Bonchev–Trinajstić information content (AvgIpc) is 2.02. The van der Waals surface area contributed by atoms with Crippen molar-refractivity contribution in [3.05, 3.63) is 28.8 Å². The van der Waals surface area contributed by atoms with E-state index in [1.807, 2.05) is 13.8 Å². The van der Waals surface area contributed by atoms with Gasteiger partial charge in [-0.1, -0.05) is 37.3 Å².